The molecule has 1 heterocycles. The zero-order chi connectivity index (χ0) is 36.6. The van der Waals surface area contributed by atoms with Gasteiger partial charge < -0.3 is 25.8 Å². The molecule has 272 valence electrons. The molecule has 3 aromatic rings. The van der Waals surface area contributed by atoms with E-state index in [2.05, 4.69) is 16.0 Å². The number of nitrogens with one attached hydrogen (secondary N) is 3. The SMILES string of the molecule is CC(C)CN(C[C@@H](O)C(Cc1ccccc1)NC(=O)[C@@H](NC(=O)CNCc1cc(F)cc(F)c1)C(C)(C)C)S(=O)(=O)c1ccc2c(c1)CCO2. The van der Waals surface area contributed by atoms with Gasteiger partial charge in [0.2, 0.25) is 21.8 Å². The second-order valence-electron chi connectivity index (χ2n) is 14.2. The van der Waals surface area contributed by atoms with Gasteiger partial charge in [0, 0.05) is 32.1 Å². The zero-order valence-corrected chi connectivity index (χ0v) is 30.0. The number of ether oxygens (including phenoxy) is 1. The van der Waals surface area contributed by atoms with Gasteiger partial charge in [0.25, 0.3) is 0 Å². The number of hydrogen-bond donors (Lipinski definition) is 4. The van der Waals surface area contributed by atoms with Crippen molar-refractivity contribution in [3.63, 3.8) is 0 Å². The second-order valence-corrected chi connectivity index (χ2v) is 16.1. The normalized spacial score (nSPS) is 14.9. The number of aliphatic hydroxyl groups excluding tert-OH is 1. The third-order valence-corrected chi connectivity index (χ3v) is 10.1. The van der Waals surface area contributed by atoms with E-state index in [-0.39, 0.29) is 43.4 Å². The van der Waals surface area contributed by atoms with Crippen LogP contribution in [0.3, 0.4) is 0 Å². The molecule has 0 aromatic heterocycles. The quantitative estimate of drug-likeness (QED) is 0.177. The molecule has 13 heteroatoms. The molecule has 1 aliphatic heterocycles. The van der Waals surface area contributed by atoms with Crippen molar-refractivity contribution in [3.8, 4) is 5.75 Å². The minimum absolute atomic E-state index is 0.0227. The maximum Gasteiger partial charge on any atom is 0.243 e. The molecule has 0 fully saturated rings. The Morgan fingerprint density at radius 1 is 0.940 bits per heavy atom. The number of halogens is 2. The summed E-state index contributed by atoms with van der Waals surface area (Å²) in [6.07, 6.45) is -0.531. The number of fused-ring (bicyclic) bond motifs is 1. The van der Waals surface area contributed by atoms with Gasteiger partial charge in [-0.2, -0.15) is 4.31 Å². The molecule has 0 saturated carbocycles. The van der Waals surface area contributed by atoms with Gasteiger partial charge in [-0.05, 0) is 64.8 Å². The molecule has 2 amide bonds. The number of carbonyl (C=O) groups excluding carboxylic acids is 2. The number of rotatable bonds is 16. The van der Waals surface area contributed by atoms with Crippen molar-refractivity contribution >= 4 is 21.8 Å². The molecular formula is C37H48F2N4O6S. The summed E-state index contributed by atoms with van der Waals surface area (Å²) < 4.78 is 61.9. The van der Waals surface area contributed by atoms with Crippen LogP contribution in [0.4, 0.5) is 8.78 Å². The highest BCUT2D eigenvalue weighted by molar-refractivity contribution is 7.89. The van der Waals surface area contributed by atoms with Crippen LogP contribution in [0.2, 0.25) is 0 Å². The smallest absolute Gasteiger partial charge is 0.243 e. The van der Waals surface area contributed by atoms with E-state index in [1.165, 1.54) is 10.4 Å². The molecule has 1 aliphatic rings. The van der Waals surface area contributed by atoms with Crippen LogP contribution in [0.25, 0.3) is 0 Å². The lowest BCUT2D eigenvalue weighted by Gasteiger charge is -2.34. The fourth-order valence-electron chi connectivity index (χ4n) is 5.82. The predicted molar refractivity (Wildman–Crippen MR) is 187 cm³/mol. The van der Waals surface area contributed by atoms with Crippen LogP contribution in [-0.2, 0) is 39.0 Å². The summed E-state index contributed by atoms with van der Waals surface area (Å²) in [6, 6.07) is 15.1. The Bertz CT molecular complexity index is 1710. The van der Waals surface area contributed by atoms with E-state index in [9.17, 15) is 31.9 Å². The van der Waals surface area contributed by atoms with Crippen molar-refractivity contribution in [2.75, 3.05) is 26.2 Å². The first-order valence-corrected chi connectivity index (χ1v) is 18.2. The molecule has 4 N–H and O–H groups in total. The third kappa shape index (κ3) is 10.8. The average molecular weight is 715 g/mol. The highest BCUT2D eigenvalue weighted by Gasteiger charge is 2.37. The largest absolute Gasteiger partial charge is 0.493 e. The minimum Gasteiger partial charge on any atom is -0.493 e. The highest BCUT2D eigenvalue weighted by Crippen LogP contribution is 2.29. The summed E-state index contributed by atoms with van der Waals surface area (Å²) in [7, 11) is -4.04. The molecular weight excluding hydrogens is 666 g/mol. The van der Waals surface area contributed by atoms with Crippen LogP contribution in [0.1, 0.15) is 51.3 Å². The summed E-state index contributed by atoms with van der Waals surface area (Å²) in [5.41, 5.74) is 1.16. The van der Waals surface area contributed by atoms with Gasteiger partial charge in [0.1, 0.15) is 23.4 Å². The van der Waals surface area contributed by atoms with Crippen LogP contribution in [0.5, 0.6) is 5.75 Å². The monoisotopic (exact) mass is 714 g/mol. The summed E-state index contributed by atoms with van der Waals surface area (Å²) in [5.74, 6) is -1.95. The lowest BCUT2D eigenvalue weighted by Crippen LogP contribution is -2.59. The molecule has 0 radical (unpaired) electrons. The van der Waals surface area contributed by atoms with Crippen molar-refractivity contribution in [3.05, 3.63) is 95.1 Å². The van der Waals surface area contributed by atoms with Crippen LogP contribution in [-0.4, -0.2) is 74.1 Å². The number of benzene rings is 3. The zero-order valence-electron chi connectivity index (χ0n) is 29.2. The number of carbonyl (C=O) groups is 2. The predicted octanol–water partition coefficient (Wildman–Crippen LogP) is 3.96. The Morgan fingerprint density at radius 2 is 1.62 bits per heavy atom. The molecule has 3 aromatic carbocycles. The van der Waals surface area contributed by atoms with Gasteiger partial charge in [0.15, 0.2) is 0 Å². The molecule has 0 aliphatic carbocycles. The number of nitrogens with zero attached hydrogens (tertiary/aromatic N) is 1. The van der Waals surface area contributed by atoms with Crippen LogP contribution >= 0.6 is 0 Å². The van der Waals surface area contributed by atoms with Crippen molar-refractivity contribution in [2.45, 2.75) is 77.1 Å². The first kappa shape index (κ1) is 38.9. The van der Waals surface area contributed by atoms with Crippen molar-refractivity contribution in [1.29, 1.82) is 0 Å². The summed E-state index contributed by atoms with van der Waals surface area (Å²) in [5, 5.41) is 20.2. The molecule has 0 spiro atoms. The van der Waals surface area contributed by atoms with Crippen LogP contribution in [0.15, 0.2) is 71.6 Å². The number of sulfonamides is 1. The fraction of sp³-hybridized carbons (Fsp3) is 0.459. The molecule has 4 rings (SSSR count). The molecule has 0 saturated heterocycles. The Labute approximate surface area is 293 Å². The van der Waals surface area contributed by atoms with Gasteiger partial charge in [-0.3, -0.25) is 9.59 Å². The van der Waals surface area contributed by atoms with E-state index in [0.29, 0.717) is 24.3 Å². The Kier molecular flexibility index (Phi) is 13.1. The molecule has 3 atom stereocenters. The number of amides is 2. The summed E-state index contributed by atoms with van der Waals surface area (Å²) in [6.45, 7) is 9.23. The van der Waals surface area contributed by atoms with Gasteiger partial charge in [-0.25, -0.2) is 17.2 Å². The van der Waals surface area contributed by atoms with Gasteiger partial charge in [-0.1, -0.05) is 65.0 Å². The molecule has 10 nitrogen and oxygen atoms in total. The van der Waals surface area contributed by atoms with E-state index >= 15 is 0 Å². The lowest BCUT2D eigenvalue weighted by molar-refractivity contribution is -0.132. The Morgan fingerprint density at radius 3 is 2.26 bits per heavy atom. The second kappa shape index (κ2) is 16.9. The first-order chi connectivity index (χ1) is 23.5. The van der Waals surface area contributed by atoms with Crippen LogP contribution in [0, 0.1) is 23.0 Å². The Balaban J connectivity index is 1.52. The van der Waals surface area contributed by atoms with Gasteiger partial charge in [-0.15, -0.1) is 0 Å². The molecule has 50 heavy (non-hydrogen) atoms. The van der Waals surface area contributed by atoms with E-state index in [4.69, 9.17) is 4.74 Å². The summed E-state index contributed by atoms with van der Waals surface area (Å²) >= 11 is 0. The van der Waals surface area contributed by atoms with Crippen molar-refractivity contribution in [1.82, 2.24) is 20.3 Å². The van der Waals surface area contributed by atoms with E-state index in [1.54, 1.807) is 32.9 Å². The molecule has 0 bridgehead atoms. The highest BCUT2D eigenvalue weighted by atomic mass is 32.2. The fourth-order valence-corrected chi connectivity index (χ4v) is 7.50. The number of aliphatic hydroxyl groups is 1. The average Bonchev–Trinajstić information content (AvgIpc) is 3.50. The first-order valence-electron chi connectivity index (χ1n) is 16.8. The lowest BCUT2D eigenvalue weighted by atomic mass is 9.85. The number of hydrogen-bond acceptors (Lipinski definition) is 7. The van der Waals surface area contributed by atoms with Gasteiger partial charge >= 0.3 is 0 Å². The summed E-state index contributed by atoms with van der Waals surface area (Å²) in [4.78, 5) is 27.0. The molecule has 1 unspecified atom stereocenters. The minimum atomic E-state index is -4.04. The van der Waals surface area contributed by atoms with E-state index in [0.717, 1.165) is 29.3 Å². The maximum atomic E-state index is 14.0. The third-order valence-electron chi connectivity index (χ3n) is 8.32. The van der Waals surface area contributed by atoms with Crippen molar-refractivity contribution < 1.29 is 36.6 Å². The standard InChI is InChI=1S/C37H48F2N4O6S/c1-24(2)22-43(50(47,48)30-11-12-33-27(18-30)13-14-49-33)23-32(44)31(17-25-9-7-6-8-10-25)41-36(46)35(37(3,4)5)42-34(45)21-40-20-26-15-28(38)19-29(39)16-26/h6-12,15-16,18-19,24,31-32,35,40,44H,13-14,17,20-23H2,1-5H3,(H,41,46)(H,42,45)/t31?,32-,35-/m1/s1. The van der Waals surface area contributed by atoms with E-state index in [1.807, 2.05) is 44.2 Å². The Hall–Kier alpha value is -3.91. The maximum absolute atomic E-state index is 14.0. The van der Waals surface area contributed by atoms with Crippen LogP contribution < -0.4 is 20.7 Å². The van der Waals surface area contributed by atoms with E-state index < -0.39 is 57.1 Å². The topological polar surface area (TPSA) is 137 Å². The van der Waals surface area contributed by atoms with Gasteiger partial charge in [0.05, 0.1) is 30.2 Å². The van der Waals surface area contributed by atoms with Crippen molar-refractivity contribution in [2.24, 2.45) is 11.3 Å².